The van der Waals surface area contributed by atoms with E-state index in [-0.39, 0.29) is 46.1 Å². The van der Waals surface area contributed by atoms with Gasteiger partial charge in [-0.1, -0.05) is 41.5 Å². The third kappa shape index (κ3) is 14.0. The average molecular weight is 1110 g/mol. The van der Waals surface area contributed by atoms with Crippen LogP contribution in [0.25, 0.3) is 0 Å². The molecule has 8 aliphatic rings. The van der Waals surface area contributed by atoms with Crippen molar-refractivity contribution in [3.05, 3.63) is 0 Å². The van der Waals surface area contributed by atoms with Crippen LogP contribution in [0.2, 0.25) is 0 Å². The Bertz CT molecular complexity index is 1650. The van der Waals surface area contributed by atoms with Gasteiger partial charge in [-0.2, -0.15) is 0 Å². The third-order valence-corrected chi connectivity index (χ3v) is 24.9. The number of rotatable bonds is 34. The maximum absolute atomic E-state index is 7.16. The quantitative estimate of drug-likeness (QED) is 0.0331. The number of ether oxygens (including phenoxy) is 7. The second-order valence-electron chi connectivity index (χ2n) is 28.8. The van der Waals surface area contributed by atoms with Crippen LogP contribution in [-0.2, 0) is 33.2 Å². The molecule has 0 aromatic carbocycles. The molecule has 460 valence electrons. The molecule has 13 nitrogen and oxygen atoms in total. The van der Waals surface area contributed by atoms with Gasteiger partial charge in [-0.05, 0) is 275 Å². The van der Waals surface area contributed by atoms with E-state index in [1.54, 1.807) is 0 Å². The summed E-state index contributed by atoms with van der Waals surface area (Å²) in [5, 5.41) is 0. The molecule has 0 bridgehead atoms. The number of hydrogen-bond donors (Lipinski definition) is 6. The predicted octanol–water partition coefficient (Wildman–Crippen LogP) is 10.00. The average Bonchev–Trinajstić information content (AvgIpc) is 4.19. The van der Waals surface area contributed by atoms with Gasteiger partial charge in [0.1, 0.15) is 0 Å². The molecule has 0 unspecified atom stereocenters. The lowest BCUT2D eigenvalue weighted by atomic mass is 9.43. The molecule has 22 atom stereocenters. The first-order chi connectivity index (χ1) is 38.3. The fourth-order valence-electron chi connectivity index (χ4n) is 20.7. The van der Waals surface area contributed by atoms with Gasteiger partial charge in [0.15, 0.2) is 0 Å². The molecule has 0 aromatic rings. The normalized spacial score (nSPS) is 42.4. The fraction of sp³-hybridized carbons (Fsp3) is 1.00. The SMILES string of the molecule is C[C@H](CCCOCCC[C@@H](C)[C@H]1CC[C@H]2[C@@H]3[C@H](OCCCN)C[C@@H]4C[C@H](OCCCN)CC[C@]4(C)[C@H]3C[C@H](OCCCN)[C@]12C)[C@H]1CC[C@H]2[C@@H]3[C@H](OCCCN)C[C@@H]4C[C@H](OCCCN)CC[C@]4(C)[C@H]3C[C@H](OCCCN)[C@]12C. The summed E-state index contributed by atoms with van der Waals surface area (Å²) in [6, 6.07) is 0. The zero-order valence-electron chi connectivity index (χ0n) is 51.6. The van der Waals surface area contributed by atoms with Crippen molar-refractivity contribution in [1.29, 1.82) is 0 Å². The highest BCUT2D eigenvalue weighted by molar-refractivity contribution is 5.17. The van der Waals surface area contributed by atoms with E-state index < -0.39 is 0 Å². The highest BCUT2D eigenvalue weighted by Gasteiger charge is 2.68. The topological polar surface area (TPSA) is 221 Å². The summed E-state index contributed by atoms with van der Waals surface area (Å²) in [6.07, 6.45) is 28.5. The van der Waals surface area contributed by atoms with Gasteiger partial charge in [0.25, 0.3) is 0 Å². The molecule has 0 saturated heterocycles. The van der Waals surface area contributed by atoms with Crippen LogP contribution in [0.5, 0.6) is 0 Å². The van der Waals surface area contributed by atoms with Crippen molar-refractivity contribution in [2.45, 2.75) is 232 Å². The fourth-order valence-corrected chi connectivity index (χ4v) is 20.7. The van der Waals surface area contributed by atoms with Crippen LogP contribution in [0, 0.1) is 92.7 Å². The van der Waals surface area contributed by atoms with Crippen molar-refractivity contribution in [2.75, 3.05) is 92.1 Å². The van der Waals surface area contributed by atoms with Gasteiger partial charge < -0.3 is 67.6 Å². The highest BCUT2D eigenvalue weighted by Crippen LogP contribution is 2.71. The minimum absolute atomic E-state index is 0.103. The van der Waals surface area contributed by atoms with E-state index in [9.17, 15) is 0 Å². The van der Waals surface area contributed by atoms with Crippen LogP contribution >= 0.6 is 0 Å². The van der Waals surface area contributed by atoms with Crippen LogP contribution < -0.4 is 34.4 Å². The zero-order chi connectivity index (χ0) is 56.2. The minimum atomic E-state index is 0.103. The summed E-state index contributed by atoms with van der Waals surface area (Å²) in [6.45, 7) is 26.1. The number of hydrogen-bond acceptors (Lipinski definition) is 13. The maximum atomic E-state index is 7.16. The van der Waals surface area contributed by atoms with Gasteiger partial charge in [-0.3, -0.25) is 0 Å². The predicted molar refractivity (Wildman–Crippen MR) is 320 cm³/mol. The van der Waals surface area contributed by atoms with Crippen molar-refractivity contribution < 1.29 is 33.2 Å². The van der Waals surface area contributed by atoms with Gasteiger partial charge in [0, 0.05) is 63.7 Å². The van der Waals surface area contributed by atoms with E-state index in [0.717, 1.165) is 156 Å². The first kappa shape index (κ1) is 64.5. The molecule has 0 radical (unpaired) electrons. The molecule has 0 spiro atoms. The monoisotopic (exact) mass is 1110 g/mol. The highest BCUT2D eigenvalue weighted by atomic mass is 16.5. The summed E-state index contributed by atoms with van der Waals surface area (Å²) in [7, 11) is 0. The number of fused-ring (bicyclic) bond motifs is 10. The summed E-state index contributed by atoms with van der Waals surface area (Å²) in [5.74, 6) is 7.07. The molecule has 8 aliphatic carbocycles. The maximum Gasteiger partial charge on any atom is 0.0637 e. The van der Waals surface area contributed by atoms with Crippen LogP contribution in [0.4, 0.5) is 0 Å². The van der Waals surface area contributed by atoms with Crippen molar-refractivity contribution in [3.63, 3.8) is 0 Å². The largest absolute Gasteiger partial charge is 0.381 e. The van der Waals surface area contributed by atoms with E-state index in [0.29, 0.717) is 122 Å². The summed E-state index contributed by atoms with van der Waals surface area (Å²) in [4.78, 5) is 0. The molecule has 13 heteroatoms. The summed E-state index contributed by atoms with van der Waals surface area (Å²) < 4.78 is 48.0. The molecule has 0 heterocycles. The van der Waals surface area contributed by atoms with E-state index in [1.807, 2.05) is 0 Å². The van der Waals surface area contributed by atoms with Crippen molar-refractivity contribution in [2.24, 2.45) is 127 Å². The van der Waals surface area contributed by atoms with Crippen LogP contribution in [0.15, 0.2) is 0 Å². The summed E-state index contributed by atoms with van der Waals surface area (Å²) in [5.41, 5.74) is 36.9. The molecule has 12 N–H and O–H groups in total. The Hall–Kier alpha value is -0.520. The molecular weight excluding hydrogens is 989 g/mol. The van der Waals surface area contributed by atoms with E-state index >= 15 is 0 Å². The lowest BCUT2D eigenvalue weighted by Gasteiger charge is -2.65. The van der Waals surface area contributed by atoms with E-state index in [1.165, 1.54) is 51.4 Å². The number of nitrogens with two attached hydrogens (primary N) is 6. The Morgan fingerprint density at radius 3 is 1.10 bits per heavy atom. The van der Waals surface area contributed by atoms with E-state index in [2.05, 4.69) is 41.5 Å². The Morgan fingerprint density at radius 2 is 0.734 bits per heavy atom. The molecule has 8 saturated carbocycles. The second-order valence-corrected chi connectivity index (χ2v) is 28.8. The molecule has 0 aromatic heterocycles. The smallest absolute Gasteiger partial charge is 0.0637 e. The third-order valence-electron chi connectivity index (χ3n) is 24.9. The molecule has 0 amide bonds. The van der Waals surface area contributed by atoms with Crippen LogP contribution in [0.3, 0.4) is 0 Å². The van der Waals surface area contributed by atoms with Crippen LogP contribution in [0.1, 0.15) is 196 Å². The second kappa shape index (κ2) is 30.2. The Balaban J connectivity index is 0.874. The van der Waals surface area contributed by atoms with Crippen molar-refractivity contribution >= 4 is 0 Å². The van der Waals surface area contributed by atoms with Gasteiger partial charge in [-0.15, -0.1) is 0 Å². The standard InChI is InChI=1S/C66H124N6O7/c1-45(51-17-19-53-61-55(43-59(65(51,53)5)78-37-13-29-71)63(3)23-21-49(74-33-9-25-67)39-47(63)41-57(61)76-35-11-27-69)15-7-31-73-32-8-16-46(2)52-18-20-54-62-56(44-60(66(52,54)6)79-38-14-30-72)64(4)24-22-50(75-34-10-26-68)40-48(64)42-58(62)77-36-12-28-70/h45-62H,7-44,67-72H2,1-6H3/t45-,46-,47+,48+,49-,50-,51-,52-,53+,54+,55+,56+,57-,58-,59+,60+,61+,62+,63+,64+,65-,66-/m1/s1. The minimum Gasteiger partial charge on any atom is -0.381 e. The Kier molecular flexibility index (Phi) is 24.7. The first-order valence-electron chi connectivity index (χ1n) is 33.8. The first-order valence-corrected chi connectivity index (χ1v) is 33.8. The van der Waals surface area contributed by atoms with Gasteiger partial charge in [0.2, 0.25) is 0 Å². The van der Waals surface area contributed by atoms with Gasteiger partial charge in [-0.25, -0.2) is 0 Å². The molecule has 79 heavy (non-hydrogen) atoms. The van der Waals surface area contributed by atoms with Crippen molar-refractivity contribution in [3.8, 4) is 0 Å². The Morgan fingerprint density at radius 1 is 0.380 bits per heavy atom. The molecule has 8 fully saturated rings. The Labute approximate surface area is 482 Å². The van der Waals surface area contributed by atoms with Gasteiger partial charge in [0.05, 0.1) is 36.6 Å². The molecule has 8 rings (SSSR count). The molecule has 0 aliphatic heterocycles. The molecular formula is C66H124N6O7. The van der Waals surface area contributed by atoms with Gasteiger partial charge >= 0.3 is 0 Å². The lowest BCUT2D eigenvalue weighted by Crippen LogP contribution is -2.63. The zero-order valence-corrected chi connectivity index (χ0v) is 51.6. The van der Waals surface area contributed by atoms with E-state index in [4.69, 9.17) is 67.6 Å². The van der Waals surface area contributed by atoms with Crippen molar-refractivity contribution in [1.82, 2.24) is 0 Å². The lowest BCUT2D eigenvalue weighted by molar-refractivity contribution is -0.227. The summed E-state index contributed by atoms with van der Waals surface area (Å²) >= 11 is 0. The van der Waals surface area contributed by atoms with Crippen LogP contribution in [-0.4, -0.2) is 129 Å².